The minimum absolute atomic E-state index is 0.242. The maximum absolute atomic E-state index is 11.5. The third-order valence-electron chi connectivity index (χ3n) is 4.96. The van der Waals surface area contributed by atoms with Crippen LogP contribution in [0.2, 0.25) is 0 Å². The minimum atomic E-state index is -0.646. The number of benzene rings is 1. The molecule has 0 aliphatic carbocycles. The van der Waals surface area contributed by atoms with Gasteiger partial charge in [-0.3, -0.25) is 4.79 Å². The van der Waals surface area contributed by atoms with E-state index in [1.807, 2.05) is 10.8 Å². The van der Waals surface area contributed by atoms with Gasteiger partial charge in [-0.25, -0.2) is 0 Å². The van der Waals surface area contributed by atoms with Crippen molar-refractivity contribution in [1.82, 2.24) is 0 Å². The van der Waals surface area contributed by atoms with Gasteiger partial charge in [0.15, 0.2) is 0 Å². The molecule has 2 atom stereocenters. The van der Waals surface area contributed by atoms with Crippen LogP contribution in [0.4, 0.5) is 0 Å². The second kappa shape index (κ2) is 10.4. The van der Waals surface area contributed by atoms with Gasteiger partial charge in [0, 0.05) is 11.0 Å². The normalized spacial score (nSPS) is 18.7. The van der Waals surface area contributed by atoms with Crippen LogP contribution in [0.15, 0.2) is 18.2 Å². The van der Waals surface area contributed by atoms with Gasteiger partial charge in [-0.15, -0.1) is 0 Å². The standard InChI is InChI=1S/C20H30O2S2/c1-15-9-10-17(13-16(15)2)14-18(20(21)22)7-5-3-4-6-8-19-11-12-23-24-19/h9-10,13,18-19H,3-8,11-12,14H2,1-2H3,(H,21,22)/t18-,19+/m0/s1. The SMILES string of the molecule is Cc1ccc(C[C@H](CCCCCC[C@@H]2CCSS2)C(=O)O)cc1C. The summed E-state index contributed by atoms with van der Waals surface area (Å²) >= 11 is 0. The van der Waals surface area contributed by atoms with E-state index < -0.39 is 5.97 Å². The second-order valence-electron chi connectivity index (χ2n) is 6.98. The van der Waals surface area contributed by atoms with Crippen LogP contribution in [-0.4, -0.2) is 22.1 Å². The predicted octanol–water partition coefficient (Wildman–Crippen LogP) is 6.04. The summed E-state index contributed by atoms with van der Waals surface area (Å²) in [7, 11) is 4.07. The van der Waals surface area contributed by atoms with Crippen molar-refractivity contribution >= 4 is 27.6 Å². The molecule has 2 rings (SSSR count). The summed E-state index contributed by atoms with van der Waals surface area (Å²) in [6.07, 6.45) is 8.91. The Hall–Kier alpha value is -0.610. The molecule has 24 heavy (non-hydrogen) atoms. The highest BCUT2D eigenvalue weighted by atomic mass is 33.1. The second-order valence-corrected chi connectivity index (χ2v) is 9.77. The summed E-state index contributed by atoms with van der Waals surface area (Å²) in [6, 6.07) is 6.32. The maximum atomic E-state index is 11.5. The van der Waals surface area contributed by atoms with Crippen molar-refractivity contribution in [3.63, 3.8) is 0 Å². The summed E-state index contributed by atoms with van der Waals surface area (Å²) in [5.74, 6) is 0.426. The number of carboxylic acids is 1. The molecule has 134 valence electrons. The molecule has 1 saturated heterocycles. The Morgan fingerprint density at radius 3 is 2.67 bits per heavy atom. The first-order valence-corrected chi connectivity index (χ1v) is 11.5. The molecule has 2 nitrogen and oxygen atoms in total. The third-order valence-corrected chi connectivity index (χ3v) is 7.97. The third kappa shape index (κ3) is 6.72. The van der Waals surface area contributed by atoms with Crippen LogP contribution >= 0.6 is 21.6 Å². The Kier molecular flexibility index (Phi) is 8.54. The van der Waals surface area contributed by atoms with Crippen molar-refractivity contribution in [2.24, 2.45) is 5.92 Å². The summed E-state index contributed by atoms with van der Waals surface area (Å²) in [4.78, 5) is 11.5. The Morgan fingerprint density at radius 2 is 2.00 bits per heavy atom. The molecule has 1 aliphatic rings. The van der Waals surface area contributed by atoms with Crippen molar-refractivity contribution in [3.8, 4) is 0 Å². The molecule has 4 heteroatoms. The van der Waals surface area contributed by atoms with Crippen LogP contribution in [0.1, 0.15) is 61.6 Å². The first kappa shape index (κ1) is 19.7. The minimum Gasteiger partial charge on any atom is -0.481 e. The Bertz CT molecular complexity index is 524. The predicted molar refractivity (Wildman–Crippen MR) is 107 cm³/mol. The zero-order valence-corrected chi connectivity index (χ0v) is 16.6. The largest absolute Gasteiger partial charge is 0.481 e. The van der Waals surface area contributed by atoms with Crippen LogP contribution in [0.25, 0.3) is 0 Å². The van der Waals surface area contributed by atoms with E-state index in [9.17, 15) is 9.90 Å². The van der Waals surface area contributed by atoms with Crippen LogP contribution in [0, 0.1) is 19.8 Å². The van der Waals surface area contributed by atoms with Gasteiger partial charge in [-0.1, -0.05) is 65.5 Å². The average Bonchev–Trinajstić information content (AvgIpc) is 3.06. The number of aliphatic carboxylic acids is 1. The summed E-state index contributed by atoms with van der Waals surface area (Å²) in [5.41, 5.74) is 3.67. The fourth-order valence-electron chi connectivity index (χ4n) is 3.21. The van der Waals surface area contributed by atoms with Gasteiger partial charge in [-0.2, -0.15) is 0 Å². The molecule has 1 N–H and O–H groups in total. The monoisotopic (exact) mass is 366 g/mol. The smallest absolute Gasteiger partial charge is 0.306 e. The zero-order chi connectivity index (χ0) is 17.4. The molecule has 1 aromatic rings. The van der Waals surface area contributed by atoms with E-state index in [1.165, 1.54) is 49.0 Å². The topological polar surface area (TPSA) is 37.3 Å². The zero-order valence-electron chi connectivity index (χ0n) is 14.9. The highest BCUT2D eigenvalue weighted by molar-refractivity contribution is 8.77. The van der Waals surface area contributed by atoms with Crippen molar-refractivity contribution in [1.29, 1.82) is 0 Å². The molecule has 1 aromatic carbocycles. The fourth-order valence-corrected chi connectivity index (χ4v) is 6.24. The van der Waals surface area contributed by atoms with Gasteiger partial charge >= 0.3 is 5.97 Å². The molecule has 1 fully saturated rings. The molecular formula is C20H30O2S2. The van der Waals surface area contributed by atoms with Crippen LogP contribution < -0.4 is 0 Å². The molecule has 0 unspecified atom stereocenters. The summed E-state index contributed by atoms with van der Waals surface area (Å²) in [6.45, 7) is 4.19. The molecule has 1 heterocycles. The highest BCUT2D eigenvalue weighted by Gasteiger charge is 2.18. The van der Waals surface area contributed by atoms with Gasteiger partial charge in [0.05, 0.1) is 5.92 Å². The molecular weight excluding hydrogens is 336 g/mol. The van der Waals surface area contributed by atoms with E-state index in [2.05, 4.69) is 42.8 Å². The van der Waals surface area contributed by atoms with Gasteiger partial charge in [0.25, 0.3) is 0 Å². The highest BCUT2D eigenvalue weighted by Crippen LogP contribution is 2.39. The number of hydrogen-bond acceptors (Lipinski definition) is 3. The lowest BCUT2D eigenvalue weighted by molar-refractivity contribution is -0.142. The average molecular weight is 367 g/mol. The number of carbonyl (C=O) groups is 1. The number of hydrogen-bond donors (Lipinski definition) is 1. The van der Waals surface area contributed by atoms with Gasteiger partial charge in [0.1, 0.15) is 0 Å². The number of aryl methyl sites for hydroxylation is 2. The van der Waals surface area contributed by atoms with E-state index in [-0.39, 0.29) is 5.92 Å². The van der Waals surface area contributed by atoms with E-state index in [0.717, 1.165) is 23.7 Å². The van der Waals surface area contributed by atoms with Gasteiger partial charge in [-0.05, 0) is 56.2 Å². The molecule has 0 saturated carbocycles. The molecule has 0 bridgehead atoms. The van der Waals surface area contributed by atoms with Crippen LogP contribution in [0.3, 0.4) is 0 Å². The lowest BCUT2D eigenvalue weighted by Crippen LogP contribution is -2.16. The molecule has 0 radical (unpaired) electrons. The lowest BCUT2D eigenvalue weighted by Gasteiger charge is -2.13. The van der Waals surface area contributed by atoms with Crippen LogP contribution in [-0.2, 0) is 11.2 Å². The fraction of sp³-hybridized carbons (Fsp3) is 0.650. The Morgan fingerprint density at radius 1 is 1.21 bits per heavy atom. The molecule has 0 aromatic heterocycles. The lowest BCUT2D eigenvalue weighted by atomic mass is 9.92. The number of rotatable bonds is 10. The van der Waals surface area contributed by atoms with E-state index in [4.69, 9.17) is 0 Å². The van der Waals surface area contributed by atoms with Crippen molar-refractivity contribution in [2.75, 3.05) is 5.75 Å². The Balaban J connectivity index is 1.67. The number of carboxylic acid groups (broad SMARTS) is 1. The van der Waals surface area contributed by atoms with Crippen molar-refractivity contribution in [2.45, 2.75) is 70.5 Å². The van der Waals surface area contributed by atoms with Crippen molar-refractivity contribution in [3.05, 3.63) is 34.9 Å². The first-order chi connectivity index (χ1) is 11.6. The summed E-state index contributed by atoms with van der Waals surface area (Å²) in [5, 5.41) is 10.4. The van der Waals surface area contributed by atoms with E-state index >= 15 is 0 Å². The molecule has 1 aliphatic heterocycles. The first-order valence-electron chi connectivity index (χ1n) is 9.13. The molecule has 0 amide bonds. The van der Waals surface area contributed by atoms with Crippen LogP contribution in [0.5, 0.6) is 0 Å². The molecule has 0 spiro atoms. The Labute approximate surface area is 154 Å². The van der Waals surface area contributed by atoms with E-state index in [1.54, 1.807) is 0 Å². The number of unbranched alkanes of at least 4 members (excludes halogenated alkanes) is 3. The maximum Gasteiger partial charge on any atom is 0.306 e. The van der Waals surface area contributed by atoms with Gasteiger partial charge < -0.3 is 5.11 Å². The van der Waals surface area contributed by atoms with E-state index in [0.29, 0.717) is 6.42 Å². The van der Waals surface area contributed by atoms with Gasteiger partial charge in [0.2, 0.25) is 0 Å². The van der Waals surface area contributed by atoms with Crippen molar-refractivity contribution < 1.29 is 9.90 Å². The quantitative estimate of drug-likeness (QED) is 0.404. The summed E-state index contributed by atoms with van der Waals surface area (Å²) < 4.78 is 0.